The number of nitrogens with one attached hydrogen (secondary N) is 1. The Bertz CT molecular complexity index is 632. The molecule has 1 heterocycles. The van der Waals surface area contributed by atoms with E-state index in [1.807, 2.05) is 6.07 Å². The van der Waals surface area contributed by atoms with Gasteiger partial charge in [-0.1, -0.05) is 24.3 Å². The van der Waals surface area contributed by atoms with Crippen molar-refractivity contribution in [3.63, 3.8) is 0 Å². The number of nitrogens with zero attached hydrogens (tertiary/aromatic N) is 1. The molecule has 0 amide bonds. The molecule has 4 nitrogen and oxygen atoms in total. The van der Waals surface area contributed by atoms with Crippen molar-refractivity contribution in [3.05, 3.63) is 42.0 Å². The van der Waals surface area contributed by atoms with Gasteiger partial charge in [-0.2, -0.15) is 0 Å². The highest BCUT2D eigenvalue weighted by Gasteiger charge is 2.30. The first kappa shape index (κ1) is 11.5. The van der Waals surface area contributed by atoms with Gasteiger partial charge in [-0.15, -0.1) is 0 Å². The lowest BCUT2D eigenvalue weighted by atomic mass is 10.0. The van der Waals surface area contributed by atoms with Crippen LogP contribution < -0.4 is 4.72 Å². The molecule has 1 atom stereocenters. The van der Waals surface area contributed by atoms with Crippen LogP contribution in [0.5, 0.6) is 0 Å². The predicted octanol–water partition coefficient (Wildman–Crippen LogP) is 1.83. The van der Waals surface area contributed by atoms with Crippen LogP contribution in [-0.2, 0) is 10.0 Å². The van der Waals surface area contributed by atoms with Gasteiger partial charge in [0.15, 0.2) is 0 Å². The standard InChI is InChI=1S/C13H14N2O2S/c16-18(17)12-9-5-4-8-11(12)13(15-18)14-10-6-2-1-3-7-10/h1-2,4-5,8-10H,3,6-7H2,(H,14,15). The summed E-state index contributed by atoms with van der Waals surface area (Å²) in [4.78, 5) is 4.88. The van der Waals surface area contributed by atoms with Gasteiger partial charge in [0.2, 0.25) is 0 Å². The van der Waals surface area contributed by atoms with E-state index >= 15 is 0 Å². The third-order valence-corrected chi connectivity index (χ3v) is 4.61. The van der Waals surface area contributed by atoms with E-state index in [1.165, 1.54) is 0 Å². The molecule has 1 N–H and O–H groups in total. The van der Waals surface area contributed by atoms with E-state index in [0.29, 0.717) is 16.3 Å². The van der Waals surface area contributed by atoms with Crippen molar-refractivity contribution >= 4 is 15.9 Å². The molecule has 1 aromatic carbocycles. The first-order valence-electron chi connectivity index (χ1n) is 6.02. The molecule has 18 heavy (non-hydrogen) atoms. The number of hydrogen-bond acceptors (Lipinski definition) is 3. The van der Waals surface area contributed by atoms with Crippen LogP contribution in [-0.4, -0.2) is 20.3 Å². The monoisotopic (exact) mass is 262 g/mol. The summed E-state index contributed by atoms with van der Waals surface area (Å²) in [5.41, 5.74) is 0.687. The minimum atomic E-state index is -3.40. The van der Waals surface area contributed by atoms with Gasteiger partial charge in [-0.25, -0.2) is 8.42 Å². The van der Waals surface area contributed by atoms with Gasteiger partial charge in [-0.3, -0.25) is 9.71 Å². The molecule has 2 aliphatic rings. The third-order valence-electron chi connectivity index (χ3n) is 3.22. The molecular weight excluding hydrogens is 248 g/mol. The highest BCUT2D eigenvalue weighted by molar-refractivity contribution is 7.90. The highest BCUT2D eigenvalue weighted by atomic mass is 32.2. The predicted molar refractivity (Wildman–Crippen MR) is 70.1 cm³/mol. The third kappa shape index (κ3) is 1.95. The molecular formula is C13H14N2O2S. The summed E-state index contributed by atoms with van der Waals surface area (Å²) in [6.45, 7) is 0. The Morgan fingerprint density at radius 2 is 2.06 bits per heavy atom. The number of sulfonamides is 1. The number of amidine groups is 1. The molecule has 1 aliphatic heterocycles. The van der Waals surface area contributed by atoms with E-state index in [4.69, 9.17) is 0 Å². The minimum absolute atomic E-state index is 0.179. The van der Waals surface area contributed by atoms with E-state index in [9.17, 15) is 8.42 Å². The Labute approximate surface area is 106 Å². The molecule has 0 spiro atoms. The van der Waals surface area contributed by atoms with E-state index in [-0.39, 0.29) is 6.04 Å². The van der Waals surface area contributed by atoms with E-state index < -0.39 is 10.0 Å². The van der Waals surface area contributed by atoms with Crippen molar-refractivity contribution in [2.24, 2.45) is 4.99 Å². The number of aliphatic imine (C=N–C) groups is 1. The Hall–Kier alpha value is -1.62. The summed E-state index contributed by atoms with van der Waals surface area (Å²) in [6, 6.07) is 7.15. The molecule has 3 rings (SSSR count). The largest absolute Gasteiger partial charge is 0.264 e. The van der Waals surface area contributed by atoms with Crippen molar-refractivity contribution in [1.82, 2.24) is 4.72 Å². The second-order valence-electron chi connectivity index (χ2n) is 4.52. The Balaban J connectivity index is 2.01. The van der Waals surface area contributed by atoms with Crippen molar-refractivity contribution < 1.29 is 8.42 Å². The maximum Gasteiger partial charge on any atom is 0.263 e. The van der Waals surface area contributed by atoms with Crippen LogP contribution in [0.15, 0.2) is 46.3 Å². The van der Waals surface area contributed by atoms with Gasteiger partial charge in [0.25, 0.3) is 10.0 Å². The molecule has 1 unspecified atom stereocenters. The number of rotatable bonds is 1. The first-order chi connectivity index (χ1) is 8.67. The lowest BCUT2D eigenvalue weighted by Gasteiger charge is -2.13. The van der Waals surface area contributed by atoms with Gasteiger partial charge in [0.1, 0.15) is 5.84 Å². The van der Waals surface area contributed by atoms with Crippen LogP contribution in [0.2, 0.25) is 0 Å². The molecule has 0 saturated heterocycles. The topological polar surface area (TPSA) is 58.5 Å². The van der Waals surface area contributed by atoms with Crippen LogP contribution in [0.1, 0.15) is 24.8 Å². The normalized spacial score (nSPS) is 26.9. The fraction of sp³-hybridized carbons (Fsp3) is 0.308. The highest BCUT2D eigenvalue weighted by Crippen LogP contribution is 2.24. The zero-order valence-corrected chi connectivity index (χ0v) is 10.7. The summed E-state index contributed by atoms with van der Waals surface area (Å²) in [5.74, 6) is 0.492. The molecule has 1 aromatic rings. The fourth-order valence-electron chi connectivity index (χ4n) is 2.31. The lowest BCUT2D eigenvalue weighted by molar-refractivity contribution is 0.593. The SMILES string of the molecule is O=S1(=O)NC(=NC2CC=CCC2)c2ccccc21. The van der Waals surface area contributed by atoms with Gasteiger partial charge in [0.05, 0.1) is 10.9 Å². The quantitative estimate of drug-likeness (QED) is 0.785. The van der Waals surface area contributed by atoms with Crippen molar-refractivity contribution in [2.75, 3.05) is 0 Å². The summed E-state index contributed by atoms with van der Waals surface area (Å²) >= 11 is 0. The summed E-state index contributed by atoms with van der Waals surface area (Å²) in [5, 5.41) is 0. The molecule has 0 radical (unpaired) electrons. The second-order valence-corrected chi connectivity index (χ2v) is 6.17. The molecule has 0 aromatic heterocycles. The van der Waals surface area contributed by atoms with E-state index in [0.717, 1.165) is 19.3 Å². The number of hydrogen-bond donors (Lipinski definition) is 1. The maximum atomic E-state index is 11.9. The number of benzene rings is 1. The Morgan fingerprint density at radius 3 is 2.83 bits per heavy atom. The van der Waals surface area contributed by atoms with E-state index in [2.05, 4.69) is 21.9 Å². The molecule has 0 bridgehead atoms. The van der Waals surface area contributed by atoms with Crippen molar-refractivity contribution in [3.8, 4) is 0 Å². The van der Waals surface area contributed by atoms with Gasteiger partial charge in [-0.05, 0) is 31.4 Å². The van der Waals surface area contributed by atoms with Crippen LogP contribution in [0.25, 0.3) is 0 Å². The van der Waals surface area contributed by atoms with Crippen LogP contribution in [0.3, 0.4) is 0 Å². The molecule has 1 aliphatic carbocycles. The Kier molecular flexibility index (Phi) is 2.70. The summed E-state index contributed by atoms with van der Waals surface area (Å²) in [7, 11) is -3.40. The van der Waals surface area contributed by atoms with Crippen LogP contribution in [0.4, 0.5) is 0 Å². The number of fused-ring (bicyclic) bond motifs is 1. The number of allylic oxidation sites excluding steroid dienone is 1. The van der Waals surface area contributed by atoms with Gasteiger partial charge in [0, 0.05) is 5.56 Å². The molecule has 0 saturated carbocycles. The van der Waals surface area contributed by atoms with Crippen LogP contribution in [0, 0.1) is 0 Å². The average molecular weight is 262 g/mol. The van der Waals surface area contributed by atoms with Crippen LogP contribution >= 0.6 is 0 Å². The first-order valence-corrected chi connectivity index (χ1v) is 7.50. The smallest absolute Gasteiger partial charge is 0.263 e. The van der Waals surface area contributed by atoms with Gasteiger partial charge >= 0.3 is 0 Å². The van der Waals surface area contributed by atoms with Crippen molar-refractivity contribution in [2.45, 2.75) is 30.2 Å². The summed E-state index contributed by atoms with van der Waals surface area (Å²) < 4.78 is 26.3. The second kappa shape index (κ2) is 4.24. The average Bonchev–Trinajstić information content (AvgIpc) is 2.63. The zero-order valence-electron chi connectivity index (χ0n) is 9.83. The molecule has 0 fully saturated rings. The minimum Gasteiger partial charge on any atom is -0.264 e. The molecule has 5 heteroatoms. The maximum absolute atomic E-state index is 11.9. The zero-order chi connectivity index (χ0) is 12.6. The summed E-state index contributed by atoms with van der Waals surface area (Å²) in [6.07, 6.45) is 7.12. The van der Waals surface area contributed by atoms with E-state index in [1.54, 1.807) is 18.2 Å². The Morgan fingerprint density at radius 1 is 1.22 bits per heavy atom. The fourth-order valence-corrected chi connectivity index (χ4v) is 3.55. The van der Waals surface area contributed by atoms with Crippen molar-refractivity contribution in [1.29, 1.82) is 0 Å². The lowest BCUT2D eigenvalue weighted by Crippen LogP contribution is -2.24. The van der Waals surface area contributed by atoms with Gasteiger partial charge < -0.3 is 0 Å². The molecule has 94 valence electrons.